The van der Waals surface area contributed by atoms with Crippen LogP contribution >= 0.6 is 0 Å². The zero-order valence-electron chi connectivity index (χ0n) is 6.02. The lowest BCUT2D eigenvalue weighted by Crippen LogP contribution is -1.90. The number of hydrogen-bond donors (Lipinski definition) is 2. The van der Waals surface area contributed by atoms with E-state index in [0.717, 1.165) is 11.6 Å². The van der Waals surface area contributed by atoms with Gasteiger partial charge < -0.3 is 5.32 Å². The fourth-order valence-corrected chi connectivity index (χ4v) is 1.18. The van der Waals surface area contributed by atoms with Crippen LogP contribution in [0.15, 0.2) is 6.20 Å². The molecule has 0 aliphatic heterocycles. The van der Waals surface area contributed by atoms with E-state index in [2.05, 4.69) is 15.5 Å². The van der Waals surface area contributed by atoms with Crippen LogP contribution in [0.3, 0.4) is 0 Å². The summed E-state index contributed by atoms with van der Waals surface area (Å²) < 4.78 is 0. The third kappa shape index (κ3) is 0.781. The van der Waals surface area contributed by atoms with Gasteiger partial charge in [0.2, 0.25) is 0 Å². The van der Waals surface area contributed by atoms with E-state index in [1.165, 1.54) is 18.5 Å². The maximum absolute atomic E-state index is 3.97. The van der Waals surface area contributed by atoms with Crippen LogP contribution in [-0.2, 0) is 0 Å². The molecule has 1 aromatic rings. The molecule has 0 spiro atoms. The van der Waals surface area contributed by atoms with Crippen LogP contribution < -0.4 is 5.32 Å². The number of aromatic nitrogens is 2. The Balaban J connectivity index is 2.28. The van der Waals surface area contributed by atoms with Gasteiger partial charge in [-0.2, -0.15) is 5.10 Å². The van der Waals surface area contributed by atoms with Gasteiger partial charge in [-0.1, -0.05) is 0 Å². The number of aromatic amines is 1. The molecule has 1 saturated carbocycles. The second-order valence-corrected chi connectivity index (χ2v) is 2.72. The highest BCUT2D eigenvalue weighted by molar-refractivity contribution is 5.48. The first kappa shape index (κ1) is 5.77. The maximum atomic E-state index is 3.97. The standard InChI is InChI=1S/C7H11N3/c1-8-6-4-9-10-7(6)5-2-3-5/h4-5,8H,2-3H2,1H3,(H,9,10). The average Bonchev–Trinajstić information content (AvgIpc) is 2.69. The number of H-pyrrole nitrogens is 1. The van der Waals surface area contributed by atoms with Crippen molar-refractivity contribution in [2.24, 2.45) is 0 Å². The quantitative estimate of drug-likeness (QED) is 0.645. The summed E-state index contributed by atoms with van der Waals surface area (Å²) in [5.41, 5.74) is 2.44. The van der Waals surface area contributed by atoms with Gasteiger partial charge in [0.05, 0.1) is 17.6 Å². The Labute approximate surface area is 59.8 Å². The molecule has 3 heteroatoms. The molecule has 1 aliphatic carbocycles. The Morgan fingerprint density at radius 3 is 3.10 bits per heavy atom. The average molecular weight is 137 g/mol. The molecule has 10 heavy (non-hydrogen) atoms. The predicted molar refractivity (Wildman–Crippen MR) is 40.1 cm³/mol. The van der Waals surface area contributed by atoms with Crippen molar-refractivity contribution in [2.45, 2.75) is 18.8 Å². The monoisotopic (exact) mass is 137 g/mol. The minimum absolute atomic E-state index is 0.755. The Morgan fingerprint density at radius 2 is 2.50 bits per heavy atom. The van der Waals surface area contributed by atoms with Gasteiger partial charge in [-0.05, 0) is 12.8 Å². The van der Waals surface area contributed by atoms with Gasteiger partial charge in [-0.25, -0.2) is 0 Å². The van der Waals surface area contributed by atoms with Crippen molar-refractivity contribution in [1.82, 2.24) is 10.2 Å². The van der Waals surface area contributed by atoms with Gasteiger partial charge in [-0.15, -0.1) is 0 Å². The minimum atomic E-state index is 0.755. The molecule has 0 saturated heterocycles. The summed E-state index contributed by atoms with van der Waals surface area (Å²) in [6.45, 7) is 0. The van der Waals surface area contributed by atoms with Crippen LogP contribution in [0.1, 0.15) is 24.5 Å². The first-order valence-corrected chi connectivity index (χ1v) is 3.63. The topological polar surface area (TPSA) is 40.7 Å². The first-order valence-electron chi connectivity index (χ1n) is 3.63. The van der Waals surface area contributed by atoms with Gasteiger partial charge >= 0.3 is 0 Å². The highest BCUT2D eigenvalue weighted by Crippen LogP contribution is 2.41. The molecule has 0 radical (unpaired) electrons. The van der Waals surface area contributed by atoms with E-state index < -0.39 is 0 Å². The molecule has 54 valence electrons. The fourth-order valence-electron chi connectivity index (χ4n) is 1.18. The molecule has 2 rings (SSSR count). The third-order valence-electron chi connectivity index (χ3n) is 1.92. The van der Waals surface area contributed by atoms with Crippen molar-refractivity contribution in [2.75, 3.05) is 12.4 Å². The second kappa shape index (κ2) is 2.01. The summed E-state index contributed by atoms with van der Waals surface area (Å²) in [5.74, 6) is 0.755. The molecule has 2 N–H and O–H groups in total. The van der Waals surface area contributed by atoms with Crippen molar-refractivity contribution in [3.63, 3.8) is 0 Å². The van der Waals surface area contributed by atoms with Crippen molar-refractivity contribution in [3.05, 3.63) is 11.9 Å². The van der Waals surface area contributed by atoms with Gasteiger partial charge in [0.15, 0.2) is 0 Å². The number of rotatable bonds is 2. The van der Waals surface area contributed by atoms with Crippen LogP contribution in [0, 0.1) is 0 Å². The molecule has 0 amide bonds. The van der Waals surface area contributed by atoms with E-state index >= 15 is 0 Å². The molecule has 3 nitrogen and oxygen atoms in total. The lowest BCUT2D eigenvalue weighted by atomic mass is 10.2. The second-order valence-electron chi connectivity index (χ2n) is 2.72. The SMILES string of the molecule is CNc1cn[nH]c1C1CC1. The van der Waals surface area contributed by atoms with E-state index in [1.54, 1.807) is 0 Å². The van der Waals surface area contributed by atoms with Crippen molar-refractivity contribution < 1.29 is 0 Å². The van der Waals surface area contributed by atoms with Crippen LogP contribution in [-0.4, -0.2) is 17.2 Å². The molecule has 1 fully saturated rings. The summed E-state index contributed by atoms with van der Waals surface area (Å²) in [6.07, 6.45) is 4.47. The molecule has 0 aromatic carbocycles. The van der Waals surface area contributed by atoms with E-state index in [4.69, 9.17) is 0 Å². The Hall–Kier alpha value is -0.990. The first-order chi connectivity index (χ1) is 4.92. The van der Waals surface area contributed by atoms with Gasteiger partial charge in [-0.3, -0.25) is 5.10 Å². The van der Waals surface area contributed by atoms with Gasteiger partial charge in [0.25, 0.3) is 0 Å². The molecule has 0 atom stereocenters. The van der Waals surface area contributed by atoms with Crippen molar-refractivity contribution in [1.29, 1.82) is 0 Å². The van der Waals surface area contributed by atoms with E-state index in [9.17, 15) is 0 Å². The minimum Gasteiger partial charge on any atom is -0.385 e. The van der Waals surface area contributed by atoms with Crippen LogP contribution in [0.4, 0.5) is 5.69 Å². The normalized spacial score (nSPS) is 17.3. The van der Waals surface area contributed by atoms with Crippen LogP contribution in [0.25, 0.3) is 0 Å². The maximum Gasteiger partial charge on any atom is 0.0756 e. The smallest absolute Gasteiger partial charge is 0.0756 e. The zero-order valence-corrected chi connectivity index (χ0v) is 6.02. The molecule has 1 heterocycles. The Kier molecular flexibility index (Phi) is 1.16. The predicted octanol–water partition coefficient (Wildman–Crippen LogP) is 1.33. The Bertz CT molecular complexity index is 225. The molecule has 1 aliphatic rings. The largest absolute Gasteiger partial charge is 0.385 e. The van der Waals surface area contributed by atoms with E-state index in [-0.39, 0.29) is 0 Å². The third-order valence-corrected chi connectivity index (χ3v) is 1.92. The lowest BCUT2D eigenvalue weighted by Gasteiger charge is -1.97. The van der Waals surface area contributed by atoms with Gasteiger partial charge in [0.1, 0.15) is 0 Å². The number of hydrogen-bond acceptors (Lipinski definition) is 2. The highest BCUT2D eigenvalue weighted by atomic mass is 15.1. The molecule has 0 bridgehead atoms. The van der Waals surface area contributed by atoms with Crippen molar-refractivity contribution in [3.8, 4) is 0 Å². The summed E-state index contributed by atoms with van der Waals surface area (Å²) >= 11 is 0. The van der Waals surface area contributed by atoms with Crippen molar-refractivity contribution >= 4 is 5.69 Å². The van der Waals surface area contributed by atoms with Crippen LogP contribution in [0.5, 0.6) is 0 Å². The molecular weight excluding hydrogens is 126 g/mol. The van der Waals surface area contributed by atoms with E-state index in [1.807, 2.05) is 13.2 Å². The fraction of sp³-hybridized carbons (Fsp3) is 0.571. The molecular formula is C7H11N3. The number of nitrogens with zero attached hydrogens (tertiary/aromatic N) is 1. The molecule has 0 unspecified atom stereocenters. The number of nitrogens with one attached hydrogen (secondary N) is 2. The summed E-state index contributed by atoms with van der Waals surface area (Å²) in [6, 6.07) is 0. The summed E-state index contributed by atoms with van der Waals surface area (Å²) in [4.78, 5) is 0. The summed E-state index contributed by atoms with van der Waals surface area (Å²) in [7, 11) is 1.93. The van der Waals surface area contributed by atoms with Crippen LogP contribution in [0.2, 0.25) is 0 Å². The van der Waals surface area contributed by atoms with E-state index in [0.29, 0.717) is 0 Å². The summed E-state index contributed by atoms with van der Waals surface area (Å²) in [5, 5.41) is 10.1. The highest BCUT2D eigenvalue weighted by Gasteiger charge is 2.27. The zero-order chi connectivity index (χ0) is 6.97. The Morgan fingerprint density at radius 1 is 1.70 bits per heavy atom. The van der Waals surface area contributed by atoms with Gasteiger partial charge in [0, 0.05) is 13.0 Å². The lowest BCUT2D eigenvalue weighted by molar-refractivity contribution is 0.966. The number of anilines is 1. The molecule has 1 aromatic heterocycles.